The highest BCUT2D eigenvalue weighted by Crippen LogP contribution is 2.66. The lowest BCUT2D eigenvalue weighted by molar-refractivity contribution is -0.163. The second-order valence-electron chi connectivity index (χ2n) is 9.81. The van der Waals surface area contributed by atoms with Crippen LogP contribution in [-0.4, -0.2) is 23.3 Å². The first kappa shape index (κ1) is 16.9. The third-order valence-electron chi connectivity index (χ3n) is 8.86. The normalized spacial score (nSPS) is 53.7. The maximum absolute atomic E-state index is 11.5. The Morgan fingerprint density at radius 1 is 0.958 bits per heavy atom. The van der Waals surface area contributed by atoms with Crippen molar-refractivity contribution in [1.29, 1.82) is 0 Å². The third-order valence-corrected chi connectivity index (χ3v) is 8.86. The van der Waals surface area contributed by atoms with E-state index in [2.05, 4.69) is 13.8 Å². The molecule has 0 saturated heterocycles. The van der Waals surface area contributed by atoms with E-state index in [4.69, 9.17) is 4.74 Å². The molecule has 0 aliphatic heterocycles. The van der Waals surface area contributed by atoms with Crippen molar-refractivity contribution in [3.63, 3.8) is 0 Å². The molecule has 24 heavy (non-hydrogen) atoms. The molecule has 0 aromatic carbocycles. The summed E-state index contributed by atoms with van der Waals surface area (Å²) in [6.07, 6.45) is 10.7. The number of carbonyl (C=O) groups excluding carboxylic acids is 1. The van der Waals surface area contributed by atoms with Gasteiger partial charge in [-0.15, -0.1) is 0 Å². The predicted molar refractivity (Wildman–Crippen MR) is 93.3 cm³/mol. The van der Waals surface area contributed by atoms with Crippen molar-refractivity contribution in [2.24, 2.45) is 34.5 Å². The fourth-order valence-electron chi connectivity index (χ4n) is 7.58. The molecule has 4 rings (SSSR count). The maximum atomic E-state index is 11.5. The Bertz CT molecular complexity index is 517. The number of fused-ring (bicyclic) bond motifs is 5. The van der Waals surface area contributed by atoms with Crippen LogP contribution in [0, 0.1) is 34.5 Å². The maximum Gasteiger partial charge on any atom is 0.302 e. The van der Waals surface area contributed by atoms with Gasteiger partial charge in [0.25, 0.3) is 0 Å². The monoisotopic (exact) mass is 334 g/mol. The summed E-state index contributed by atoms with van der Waals surface area (Å²) < 4.78 is 5.74. The molecule has 0 bridgehead atoms. The minimum Gasteiger partial charge on any atom is -0.462 e. The van der Waals surface area contributed by atoms with Gasteiger partial charge in [-0.05, 0) is 86.9 Å². The first-order valence-corrected chi connectivity index (χ1v) is 10.2. The van der Waals surface area contributed by atoms with Crippen molar-refractivity contribution in [3.05, 3.63) is 0 Å². The van der Waals surface area contributed by atoms with E-state index in [9.17, 15) is 9.90 Å². The van der Waals surface area contributed by atoms with Crippen LogP contribution in [0.5, 0.6) is 0 Å². The van der Waals surface area contributed by atoms with E-state index in [1.807, 2.05) is 0 Å². The van der Waals surface area contributed by atoms with Crippen molar-refractivity contribution < 1.29 is 14.6 Å². The number of carbonyl (C=O) groups is 1. The molecule has 3 nitrogen and oxygen atoms in total. The Kier molecular flexibility index (Phi) is 4.02. The Labute approximate surface area is 146 Å². The zero-order valence-corrected chi connectivity index (χ0v) is 15.6. The van der Waals surface area contributed by atoms with Crippen LogP contribution in [0.15, 0.2) is 0 Å². The number of aliphatic hydroxyl groups is 1. The Morgan fingerprint density at radius 3 is 2.42 bits per heavy atom. The third kappa shape index (κ3) is 2.37. The van der Waals surface area contributed by atoms with Crippen LogP contribution in [0.1, 0.15) is 78.6 Å². The first-order chi connectivity index (χ1) is 11.3. The van der Waals surface area contributed by atoms with Gasteiger partial charge in [0.05, 0.1) is 6.10 Å². The standard InChI is InChI=1S/C21H34O3/c1-13(22)24-19-7-6-17-16-5-4-14-12-15(23)8-10-20(14,2)18(16)9-11-21(17,19)3/h14-19,23H,4-12H2,1-3H3/t14-,15+,16?,17?,18?,19?,20-,21-/m0/s1. The van der Waals surface area contributed by atoms with Crippen molar-refractivity contribution in [3.8, 4) is 0 Å². The molecule has 4 fully saturated rings. The van der Waals surface area contributed by atoms with Gasteiger partial charge in [-0.1, -0.05) is 13.8 Å². The van der Waals surface area contributed by atoms with Crippen LogP contribution in [0.3, 0.4) is 0 Å². The van der Waals surface area contributed by atoms with Gasteiger partial charge < -0.3 is 9.84 Å². The van der Waals surface area contributed by atoms with Crippen LogP contribution >= 0.6 is 0 Å². The summed E-state index contributed by atoms with van der Waals surface area (Å²) in [5, 5.41) is 10.1. The molecule has 4 unspecified atom stereocenters. The SMILES string of the molecule is CC(=O)OC1CCC2C3CC[C@H]4C[C@H](O)CC[C@]4(C)C3CC[C@]12C. The van der Waals surface area contributed by atoms with E-state index in [0.29, 0.717) is 5.41 Å². The summed E-state index contributed by atoms with van der Waals surface area (Å²) in [5.41, 5.74) is 0.632. The van der Waals surface area contributed by atoms with E-state index in [1.165, 1.54) is 38.5 Å². The molecular formula is C21H34O3. The zero-order chi connectivity index (χ0) is 17.1. The predicted octanol–water partition coefficient (Wildman–Crippen LogP) is 4.32. The topological polar surface area (TPSA) is 46.5 Å². The molecule has 4 aliphatic carbocycles. The Balaban J connectivity index is 1.57. The number of ether oxygens (including phenoxy) is 1. The van der Waals surface area contributed by atoms with E-state index in [0.717, 1.165) is 42.9 Å². The fourth-order valence-corrected chi connectivity index (χ4v) is 7.58. The highest BCUT2D eigenvalue weighted by molar-refractivity contribution is 5.66. The van der Waals surface area contributed by atoms with Crippen molar-refractivity contribution in [2.75, 3.05) is 0 Å². The molecule has 4 saturated carbocycles. The molecule has 0 heterocycles. The summed E-state index contributed by atoms with van der Waals surface area (Å²) in [6.45, 7) is 6.48. The van der Waals surface area contributed by atoms with Gasteiger partial charge in [0.1, 0.15) is 6.10 Å². The first-order valence-electron chi connectivity index (χ1n) is 10.2. The van der Waals surface area contributed by atoms with Gasteiger partial charge in [0, 0.05) is 12.3 Å². The summed E-state index contributed by atoms with van der Waals surface area (Å²) >= 11 is 0. The van der Waals surface area contributed by atoms with Crippen molar-refractivity contribution >= 4 is 5.97 Å². The van der Waals surface area contributed by atoms with E-state index in [-0.39, 0.29) is 23.6 Å². The van der Waals surface area contributed by atoms with Crippen LogP contribution in [-0.2, 0) is 9.53 Å². The quantitative estimate of drug-likeness (QED) is 0.726. The number of rotatable bonds is 1. The zero-order valence-electron chi connectivity index (χ0n) is 15.6. The molecular weight excluding hydrogens is 300 g/mol. The molecule has 0 amide bonds. The second kappa shape index (κ2) is 5.72. The van der Waals surface area contributed by atoms with Crippen molar-refractivity contribution in [1.82, 2.24) is 0 Å². The van der Waals surface area contributed by atoms with Gasteiger partial charge >= 0.3 is 5.97 Å². The molecule has 4 aliphatic rings. The van der Waals surface area contributed by atoms with Crippen LogP contribution in [0.4, 0.5) is 0 Å². The number of hydrogen-bond donors (Lipinski definition) is 1. The van der Waals surface area contributed by atoms with Gasteiger partial charge in [-0.3, -0.25) is 4.79 Å². The largest absolute Gasteiger partial charge is 0.462 e. The molecule has 0 aromatic rings. The van der Waals surface area contributed by atoms with Gasteiger partial charge in [0.15, 0.2) is 0 Å². The molecule has 136 valence electrons. The summed E-state index contributed by atoms with van der Waals surface area (Å²) in [5.74, 6) is 2.96. The summed E-state index contributed by atoms with van der Waals surface area (Å²) in [4.78, 5) is 11.5. The highest BCUT2D eigenvalue weighted by Gasteiger charge is 2.60. The Hall–Kier alpha value is -0.570. The van der Waals surface area contributed by atoms with E-state index < -0.39 is 0 Å². The number of aliphatic hydroxyl groups excluding tert-OH is 1. The minimum atomic E-state index is -0.110. The summed E-state index contributed by atoms with van der Waals surface area (Å²) in [6, 6.07) is 0. The second-order valence-corrected chi connectivity index (χ2v) is 9.81. The lowest BCUT2D eigenvalue weighted by Gasteiger charge is -2.60. The highest BCUT2D eigenvalue weighted by atomic mass is 16.5. The number of hydrogen-bond acceptors (Lipinski definition) is 3. The van der Waals surface area contributed by atoms with Crippen LogP contribution in [0.2, 0.25) is 0 Å². The van der Waals surface area contributed by atoms with Crippen molar-refractivity contribution in [2.45, 2.75) is 90.8 Å². The molecule has 8 atom stereocenters. The molecule has 0 aromatic heterocycles. The lowest BCUT2D eigenvalue weighted by atomic mass is 9.45. The fraction of sp³-hybridized carbons (Fsp3) is 0.952. The molecule has 0 radical (unpaired) electrons. The van der Waals surface area contributed by atoms with E-state index in [1.54, 1.807) is 6.92 Å². The minimum absolute atomic E-state index is 0.0618. The average molecular weight is 335 g/mol. The number of esters is 1. The average Bonchev–Trinajstić information content (AvgIpc) is 2.84. The molecule has 1 N–H and O–H groups in total. The Morgan fingerprint density at radius 2 is 1.67 bits per heavy atom. The lowest BCUT2D eigenvalue weighted by Crippen LogP contribution is -2.54. The summed E-state index contributed by atoms with van der Waals surface area (Å²) in [7, 11) is 0. The molecule has 3 heteroatoms. The van der Waals surface area contributed by atoms with Crippen LogP contribution in [0.25, 0.3) is 0 Å². The smallest absolute Gasteiger partial charge is 0.302 e. The van der Waals surface area contributed by atoms with Gasteiger partial charge in [-0.25, -0.2) is 0 Å². The van der Waals surface area contributed by atoms with Crippen LogP contribution < -0.4 is 0 Å². The molecule has 0 spiro atoms. The van der Waals surface area contributed by atoms with E-state index >= 15 is 0 Å². The van der Waals surface area contributed by atoms with Gasteiger partial charge in [-0.2, -0.15) is 0 Å². The van der Waals surface area contributed by atoms with Gasteiger partial charge in [0.2, 0.25) is 0 Å².